The molecule has 6 rings (SSSR count). The minimum absolute atomic E-state index is 0.0961. The summed E-state index contributed by atoms with van der Waals surface area (Å²) in [4.78, 5) is 9.44. The van der Waals surface area contributed by atoms with E-state index in [4.69, 9.17) is 9.97 Å². The molecule has 0 amide bonds. The molecule has 6 aromatic rings. The van der Waals surface area contributed by atoms with Crippen molar-refractivity contribution in [1.29, 1.82) is 0 Å². The Morgan fingerprint density at radius 1 is 0.490 bits per heavy atom. The van der Waals surface area contributed by atoms with E-state index in [0.717, 1.165) is 23.3 Å². The molecule has 0 aliphatic heterocycles. The molecule has 0 aliphatic carbocycles. The minimum atomic E-state index is -7.44. The van der Waals surface area contributed by atoms with Crippen LogP contribution in [0.15, 0.2) is 127 Å². The van der Waals surface area contributed by atoms with Gasteiger partial charge in [0, 0.05) is 22.1 Å². The number of alkyl halides is 9. The van der Waals surface area contributed by atoms with E-state index in [2.05, 4.69) is 4.18 Å². The Balaban J connectivity index is 1.39. The highest BCUT2D eigenvalue weighted by Gasteiger charge is 2.86. The average Bonchev–Trinajstić information content (AvgIpc) is 3.11. The van der Waals surface area contributed by atoms with Gasteiger partial charge in [0.15, 0.2) is 11.6 Å². The van der Waals surface area contributed by atoms with Crippen LogP contribution in [0.3, 0.4) is 0 Å². The van der Waals surface area contributed by atoms with E-state index >= 15 is 0 Å². The summed E-state index contributed by atoms with van der Waals surface area (Å²) in [5, 5.41) is -7.13. The van der Waals surface area contributed by atoms with Crippen LogP contribution in [0.5, 0.6) is 5.75 Å². The molecule has 0 bridgehead atoms. The first-order valence-electron chi connectivity index (χ1n) is 14.7. The summed E-state index contributed by atoms with van der Waals surface area (Å²) in [5.74, 6) is -15.5. The van der Waals surface area contributed by atoms with E-state index in [9.17, 15) is 47.9 Å². The molecule has 1 heterocycles. The maximum atomic E-state index is 14.5. The third-order valence-electron chi connectivity index (χ3n) is 7.79. The van der Waals surface area contributed by atoms with Crippen LogP contribution in [0.2, 0.25) is 0 Å². The molecule has 0 fully saturated rings. The molecule has 5 nitrogen and oxygen atoms in total. The second kappa shape index (κ2) is 12.7. The highest BCUT2D eigenvalue weighted by atomic mass is 32.2. The predicted molar refractivity (Wildman–Crippen MR) is 172 cm³/mol. The average molecular weight is 733 g/mol. The Kier molecular flexibility index (Phi) is 8.82. The van der Waals surface area contributed by atoms with Crippen molar-refractivity contribution in [3.63, 3.8) is 0 Å². The quantitative estimate of drug-likeness (QED) is 0.109. The normalized spacial score (nSPS) is 13.0. The molecule has 51 heavy (non-hydrogen) atoms. The summed E-state index contributed by atoms with van der Waals surface area (Å²) in [6.07, 6.45) is -7.22. The number of nitrogens with zero attached hydrogens (tertiary/aromatic N) is 2. The van der Waals surface area contributed by atoms with Gasteiger partial charge in [0.25, 0.3) is 0 Å². The molecule has 0 radical (unpaired) electrons. The van der Waals surface area contributed by atoms with Gasteiger partial charge in [-0.25, -0.2) is 9.97 Å². The SMILES string of the molecule is O=S(=O)(Oc1cc(-c2ccc(-c3cc(-c4ccccc4)nc(-c4ccccc4)n3)cc2)cc2ccccc12)C(F)(F)C(F)(F)C(F)(F)C(F)(F)F. The zero-order valence-electron chi connectivity index (χ0n) is 25.6. The van der Waals surface area contributed by atoms with Crippen LogP contribution >= 0.6 is 0 Å². The number of benzene rings is 5. The van der Waals surface area contributed by atoms with Gasteiger partial charge in [-0.15, -0.1) is 0 Å². The third kappa shape index (κ3) is 6.37. The Labute approximate surface area is 284 Å². The standard InChI is InChI=1S/C36H21F9N2O3S/c37-33(38,35(41,42)43)34(39,40)36(44,45)51(48,49)50-31-20-27(19-26-13-7-8-14-28(26)31)22-15-17-24(18-16-22)30-21-29(23-9-3-1-4-10-23)46-32(47-30)25-11-5-2-6-12-25/h1-21H. The van der Waals surface area contributed by atoms with Crippen molar-refractivity contribution in [3.05, 3.63) is 127 Å². The molecule has 0 aliphatic rings. The van der Waals surface area contributed by atoms with Gasteiger partial charge in [-0.1, -0.05) is 109 Å². The first-order chi connectivity index (χ1) is 23.9. The van der Waals surface area contributed by atoms with Gasteiger partial charge in [0.1, 0.15) is 0 Å². The molecule has 0 atom stereocenters. The Morgan fingerprint density at radius 2 is 0.980 bits per heavy atom. The number of halogens is 9. The second-order valence-electron chi connectivity index (χ2n) is 11.2. The maximum absolute atomic E-state index is 14.5. The summed E-state index contributed by atoms with van der Waals surface area (Å²) in [7, 11) is -7.18. The van der Waals surface area contributed by atoms with Crippen molar-refractivity contribution in [2.24, 2.45) is 0 Å². The van der Waals surface area contributed by atoms with Gasteiger partial charge in [-0.05, 0) is 34.7 Å². The van der Waals surface area contributed by atoms with Gasteiger partial charge in [-0.2, -0.15) is 47.9 Å². The van der Waals surface area contributed by atoms with Crippen molar-refractivity contribution in [2.75, 3.05) is 0 Å². The van der Waals surface area contributed by atoms with Crippen LogP contribution in [0.4, 0.5) is 39.5 Å². The number of hydrogen-bond acceptors (Lipinski definition) is 5. The fourth-order valence-corrected chi connectivity index (χ4v) is 6.02. The van der Waals surface area contributed by atoms with Crippen LogP contribution in [0, 0.1) is 0 Å². The van der Waals surface area contributed by atoms with Crippen LogP contribution in [0.1, 0.15) is 0 Å². The molecule has 1 aromatic heterocycles. The topological polar surface area (TPSA) is 69.2 Å². The summed E-state index contributed by atoms with van der Waals surface area (Å²) in [6.45, 7) is 0. The highest BCUT2D eigenvalue weighted by Crippen LogP contribution is 2.55. The van der Waals surface area contributed by atoms with Crippen molar-refractivity contribution in [3.8, 4) is 50.8 Å². The van der Waals surface area contributed by atoms with Crippen molar-refractivity contribution >= 4 is 20.9 Å². The summed E-state index contributed by atoms with van der Waals surface area (Å²) >= 11 is 0. The third-order valence-corrected chi connectivity index (χ3v) is 9.08. The Hall–Kier alpha value is -5.44. The lowest BCUT2D eigenvalue weighted by Gasteiger charge is -2.32. The van der Waals surface area contributed by atoms with Gasteiger partial charge >= 0.3 is 33.4 Å². The van der Waals surface area contributed by atoms with E-state index in [1.165, 1.54) is 24.3 Å². The van der Waals surface area contributed by atoms with Gasteiger partial charge in [-0.3, -0.25) is 0 Å². The van der Waals surface area contributed by atoms with E-state index in [1.54, 1.807) is 30.3 Å². The number of fused-ring (bicyclic) bond motifs is 1. The van der Waals surface area contributed by atoms with Crippen LogP contribution in [0.25, 0.3) is 55.8 Å². The van der Waals surface area contributed by atoms with Gasteiger partial charge < -0.3 is 4.18 Å². The molecule has 0 unspecified atom stereocenters. The van der Waals surface area contributed by atoms with E-state index in [1.807, 2.05) is 60.7 Å². The monoisotopic (exact) mass is 732 g/mol. The lowest BCUT2D eigenvalue weighted by atomic mass is 9.98. The maximum Gasteiger partial charge on any atom is 0.460 e. The second-order valence-corrected chi connectivity index (χ2v) is 12.8. The summed E-state index contributed by atoms with van der Waals surface area (Å²) in [6, 6.07) is 34.3. The van der Waals surface area contributed by atoms with Crippen LogP contribution in [-0.4, -0.2) is 41.7 Å². The van der Waals surface area contributed by atoms with E-state index < -0.39 is 39.1 Å². The van der Waals surface area contributed by atoms with Crippen molar-refractivity contribution in [2.45, 2.75) is 23.3 Å². The minimum Gasteiger partial charge on any atom is -0.377 e. The smallest absolute Gasteiger partial charge is 0.377 e. The lowest BCUT2D eigenvalue weighted by molar-refractivity contribution is -0.382. The van der Waals surface area contributed by atoms with Crippen molar-refractivity contribution < 1.29 is 52.1 Å². The molecule has 0 saturated carbocycles. The summed E-state index contributed by atoms with van der Waals surface area (Å²) in [5.41, 5.74) is 3.73. The molecule has 0 spiro atoms. The Bertz CT molecular complexity index is 2260. The molecule has 262 valence electrons. The molecular formula is C36H21F9N2O3S. The van der Waals surface area contributed by atoms with Crippen LogP contribution < -0.4 is 4.18 Å². The molecular weight excluding hydrogens is 711 g/mol. The number of aromatic nitrogens is 2. The van der Waals surface area contributed by atoms with Gasteiger partial charge in [0.05, 0.1) is 11.4 Å². The zero-order valence-corrected chi connectivity index (χ0v) is 26.4. The highest BCUT2D eigenvalue weighted by molar-refractivity contribution is 7.88. The fourth-order valence-electron chi connectivity index (χ4n) is 5.10. The first kappa shape index (κ1) is 35.4. The fraction of sp³-hybridized carbons (Fsp3) is 0.111. The van der Waals surface area contributed by atoms with Crippen molar-refractivity contribution in [1.82, 2.24) is 9.97 Å². The van der Waals surface area contributed by atoms with E-state index in [-0.39, 0.29) is 16.3 Å². The molecule has 0 N–H and O–H groups in total. The van der Waals surface area contributed by atoms with Crippen LogP contribution in [-0.2, 0) is 10.1 Å². The number of rotatable bonds is 9. The molecule has 15 heteroatoms. The Morgan fingerprint density at radius 3 is 1.55 bits per heavy atom. The van der Waals surface area contributed by atoms with E-state index in [0.29, 0.717) is 28.3 Å². The van der Waals surface area contributed by atoms with Gasteiger partial charge in [0.2, 0.25) is 0 Å². The lowest BCUT2D eigenvalue weighted by Crippen LogP contribution is -2.63. The predicted octanol–water partition coefficient (Wildman–Crippen LogP) is 10.4. The molecule has 5 aromatic carbocycles. The first-order valence-corrected chi connectivity index (χ1v) is 16.1. The summed E-state index contributed by atoms with van der Waals surface area (Å²) < 4.78 is 151. The number of hydrogen-bond donors (Lipinski definition) is 0. The largest absolute Gasteiger partial charge is 0.460 e. The zero-order chi connectivity index (χ0) is 36.8. The molecule has 0 saturated heterocycles.